The molecule has 0 bridgehead atoms. The second-order valence-corrected chi connectivity index (χ2v) is 6.13. The Labute approximate surface area is 126 Å². The highest BCUT2D eigenvalue weighted by atomic mass is 32.2. The number of nitrogens with one attached hydrogen (secondary N) is 2. The van der Waals surface area contributed by atoms with Crippen molar-refractivity contribution in [1.82, 2.24) is 5.32 Å². The molecule has 0 spiro atoms. The van der Waals surface area contributed by atoms with Gasteiger partial charge in [0.05, 0.1) is 5.75 Å². The highest BCUT2D eigenvalue weighted by molar-refractivity contribution is 8.00. The van der Waals surface area contributed by atoms with Crippen molar-refractivity contribution in [1.29, 1.82) is 0 Å². The molecule has 1 fully saturated rings. The summed E-state index contributed by atoms with van der Waals surface area (Å²) in [7, 11) is 0. The second kappa shape index (κ2) is 7.33. The zero-order valence-corrected chi connectivity index (χ0v) is 12.3. The molecule has 1 heterocycles. The summed E-state index contributed by atoms with van der Waals surface area (Å²) >= 11 is 1.63. The summed E-state index contributed by atoms with van der Waals surface area (Å²) in [5.74, 6) is -1.36. The topological polar surface area (TPSA) is 98.7 Å². The van der Waals surface area contributed by atoms with Gasteiger partial charge >= 0.3 is 5.97 Å². The molecule has 4 N–H and O–H groups in total. The van der Waals surface area contributed by atoms with Crippen molar-refractivity contribution in [2.24, 2.45) is 0 Å². The Morgan fingerprint density at radius 2 is 2.05 bits per heavy atom. The van der Waals surface area contributed by atoms with E-state index in [-0.39, 0.29) is 17.2 Å². The molecule has 6 nitrogen and oxygen atoms in total. The number of carbonyl (C=O) groups excluding carboxylic acids is 1. The van der Waals surface area contributed by atoms with Crippen molar-refractivity contribution >= 4 is 29.3 Å². The van der Waals surface area contributed by atoms with Gasteiger partial charge < -0.3 is 20.8 Å². The Balaban J connectivity index is 1.84. The minimum absolute atomic E-state index is 0.152. The van der Waals surface area contributed by atoms with Crippen LogP contribution >= 0.6 is 11.8 Å². The number of aromatic carboxylic acids is 1. The number of carboxylic acids is 1. The van der Waals surface area contributed by atoms with Crippen molar-refractivity contribution in [2.45, 2.75) is 18.1 Å². The highest BCUT2D eigenvalue weighted by Crippen LogP contribution is 2.23. The molecule has 0 saturated carbocycles. The third-order valence-electron chi connectivity index (χ3n) is 3.25. The predicted octanol–water partition coefficient (Wildman–Crippen LogP) is 1.51. The first kappa shape index (κ1) is 15.7. The fourth-order valence-corrected chi connectivity index (χ4v) is 3.17. The Morgan fingerprint density at radius 3 is 2.67 bits per heavy atom. The van der Waals surface area contributed by atoms with E-state index in [9.17, 15) is 14.7 Å². The number of hydrogen-bond acceptors (Lipinski definition) is 5. The number of phenols is 1. The summed E-state index contributed by atoms with van der Waals surface area (Å²) in [6.07, 6.45) is 2.12. The molecule has 0 aromatic heterocycles. The Morgan fingerprint density at radius 1 is 1.33 bits per heavy atom. The lowest BCUT2D eigenvalue weighted by Gasteiger charge is -2.21. The second-order valence-electron chi connectivity index (χ2n) is 4.85. The minimum Gasteiger partial charge on any atom is -0.507 e. The molecule has 0 aliphatic carbocycles. The lowest BCUT2D eigenvalue weighted by molar-refractivity contribution is -0.113. The molecule has 2 rings (SSSR count). The maximum absolute atomic E-state index is 11.8. The average Bonchev–Trinajstić information content (AvgIpc) is 2.46. The van der Waals surface area contributed by atoms with Crippen LogP contribution in [0.1, 0.15) is 23.2 Å². The van der Waals surface area contributed by atoms with Crippen LogP contribution in [0.15, 0.2) is 18.2 Å². The van der Waals surface area contributed by atoms with Crippen molar-refractivity contribution in [3.8, 4) is 5.75 Å². The fourth-order valence-electron chi connectivity index (χ4n) is 2.14. The Hall–Kier alpha value is -1.73. The number of carbonyl (C=O) groups is 2. The SMILES string of the molecule is O=C(CSC1CCNCC1)Nc1ccc(C(=O)O)c(O)c1. The molecule has 0 radical (unpaired) electrons. The maximum atomic E-state index is 11.8. The Bertz CT molecular complexity index is 530. The molecule has 7 heteroatoms. The smallest absolute Gasteiger partial charge is 0.339 e. The van der Waals surface area contributed by atoms with Crippen molar-refractivity contribution in [2.75, 3.05) is 24.2 Å². The first-order chi connectivity index (χ1) is 10.1. The summed E-state index contributed by atoms with van der Waals surface area (Å²) in [4.78, 5) is 22.6. The normalized spacial score (nSPS) is 15.6. The van der Waals surface area contributed by atoms with Crippen molar-refractivity contribution in [3.63, 3.8) is 0 Å². The first-order valence-corrected chi connectivity index (χ1v) is 7.79. The van der Waals surface area contributed by atoms with Crippen LogP contribution in [-0.2, 0) is 4.79 Å². The number of carboxylic acid groups (broad SMARTS) is 1. The summed E-state index contributed by atoms with van der Waals surface area (Å²) in [5.41, 5.74) is 0.213. The van der Waals surface area contributed by atoms with Gasteiger partial charge in [-0.25, -0.2) is 4.79 Å². The van der Waals surface area contributed by atoms with E-state index in [2.05, 4.69) is 10.6 Å². The van der Waals surface area contributed by atoms with Crippen LogP contribution in [0, 0.1) is 0 Å². The molecule has 1 aromatic rings. The molecule has 1 aliphatic rings. The number of hydrogen-bond donors (Lipinski definition) is 4. The van der Waals surface area contributed by atoms with E-state index in [1.807, 2.05) is 0 Å². The summed E-state index contributed by atoms with van der Waals surface area (Å²) in [6.45, 7) is 1.98. The van der Waals surface area contributed by atoms with E-state index >= 15 is 0 Å². The molecule has 0 unspecified atom stereocenters. The Kier molecular flexibility index (Phi) is 5.46. The number of rotatable bonds is 5. The third-order valence-corrected chi connectivity index (χ3v) is 4.62. The molecule has 1 saturated heterocycles. The van der Waals surface area contributed by atoms with Gasteiger partial charge in [-0.15, -0.1) is 11.8 Å². The van der Waals surface area contributed by atoms with Crippen molar-refractivity contribution in [3.05, 3.63) is 23.8 Å². The number of benzene rings is 1. The minimum atomic E-state index is -1.20. The van der Waals surface area contributed by atoms with E-state index < -0.39 is 5.97 Å². The predicted molar refractivity (Wildman–Crippen MR) is 82.0 cm³/mol. The van der Waals surface area contributed by atoms with E-state index in [0.29, 0.717) is 16.7 Å². The van der Waals surface area contributed by atoms with E-state index in [1.165, 1.54) is 18.2 Å². The average molecular weight is 310 g/mol. The monoisotopic (exact) mass is 310 g/mol. The molecular weight excluding hydrogens is 292 g/mol. The van der Waals surface area contributed by atoms with E-state index in [4.69, 9.17) is 5.11 Å². The van der Waals surface area contributed by atoms with Gasteiger partial charge in [0, 0.05) is 17.0 Å². The van der Waals surface area contributed by atoms with Gasteiger partial charge in [0.1, 0.15) is 11.3 Å². The van der Waals surface area contributed by atoms with Gasteiger partial charge in [-0.05, 0) is 38.1 Å². The quantitative estimate of drug-likeness (QED) is 0.658. The lowest BCUT2D eigenvalue weighted by atomic mass is 10.2. The third kappa shape index (κ3) is 4.64. The fraction of sp³-hybridized carbons (Fsp3) is 0.429. The molecule has 114 valence electrons. The molecule has 1 aliphatic heterocycles. The maximum Gasteiger partial charge on any atom is 0.339 e. The molecule has 1 amide bonds. The molecule has 21 heavy (non-hydrogen) atoms. The molecular formula is C14H18N2O4S. The summed E-state index contributed by atoms with van der Waals surface area (Å²) in [5, 5.41) is 24.8. The largest absolute Gasteiger partial charge is 0.507 e. The molecule has 1 aromatic carbocycles. The summed E-state index contributed by atoms with van der Waals surface area (Å²) in [6, 6.07) is 3.99. The van der Waals surface area contributed by atoms with Crippen LogP contribution in [-0.4, -0.2) is 46.2 Å². The lowest BCUT2D eigenvalue weighted by Crippen LogP contribution is -2.30. The van der Waals surface area contributed by atoms with E-state index in [1.54, 1.807) is 11.8 Å². The number of thioether (sulfide) groups is 1. The van der Waals surface area contributed by atoms with E-state index in [0.717, 1.165) is 25.9 Å². The van der Waals surface area contributed by atoms with Crippen LogP contribution < -0.4 is 10.6 Å². The van der Waals surface area contributed by atoms with Crippen LogP contribution in [0.25, 0.3) is 0 Å². The highest BCUT2D eigenvalue weighted by Gasteiger charge is 2.15. The van der Waals surface area contributed by atoms with Crippen LogP contribution in [0.3, 0.4) is 0 Å². The van der Waals surface area contributed by atoms with Crippen molar-refractivity contribution < 1.29 is 19.8 Å². The van der Waals surface area contributed by atoms with Crippen LogP contribution in [0.2, 0.25) is 0 Å². The van der Waals surface area contributed by atoms with Gasteiger partial charge in [-0.2, -0.15) is 0 Å². The summed E-state index contributed by atoms with van der Waals surface area (Å²) < 4.78 is 0. The van der Waals surface area contributed by atoms with Gasteiger partial charge in [-0.1, -0.05) is 0 Å². The number of amides is 1. The standard InChI is InChI=1S/C14H18N2O4S/c17-12-7-9(1-2-11(12)14(19)20)16-13(18)8-21-10-3-5-15-6-4-10/h1-2,7,10,15,17H,3-6,8H2,(H,16,18)(H,19,20). The van der Waals surface area contributed by atoms with Gasteiger partial charge in [0.2, 0.25) is 5.91 Å². The van der Waals surface area contributed by atoms with Gasteiger partial charge in [-0.3, -0.25) is 4.79 Å². The van der Waals surface area contributed by atoms with Gasteiger partial charge in [0.15, 0.2) is 0 Å². The number of anilines is 1. The van der Waals surface area contributed by atoms with Crippen LogP contribution in [0.5, 0.6) is 5.75 Å². The zero-order valence-electron chi connectivity index (χ0n) is 11.5. The van der Waals surface area contributed by atoms with Gasteiger partial charge in [0.25, 0.3) is 0 Å². The first-order valence-electron chi connectivity index (χ1n) is 6.75. The van der Waals surface area contributed by atoms with Crippen LogP contribution in [0.4, 0.5) is 5.69 Å². The zero-order chi connectivity index (χ0) is 15.2. The number of piperidine rings is 1. The number of aromatic hydroxyl groups is 1. The molecule has 0 atom stereocenters.